The third kappa shape index (κ3) is 3.07. The average Bonchev–Trinajstić information content (AvgIpc) is 2.84. The van der Waals surface area contributed by atoms with Gasteiger partial charge in [-0.3, -0.25) is 0 Å². The summed E-state index contributed by atoms with van der Waals surface area (Å²) in [5.41, 5.74) is 1.91. The van der Waals surface area contributed by atoms with Gasteiger partial charge in [0, 0.05) is 30.2 Å². The molecule has 0 amide bonds. The number of aromatic nitrogens is 1. The van der Waals surface area contributed by atoms with E-state index >= 15 is 0 Å². The van der Waals surface area contributed by atoms with Gasteiger partial charge in [0.2, 0.25) is 0 Å². The molecule has 0 bridgehead atoms. The van der Waals surface area contributed by atoms with Crippen LogP contribution in [0.15, 0.2) is 29.8 Å². The largest absolute Gasteiger partial charge is 0.478 e. The number of aromatic carboxylic acids is 1. The highest BCUT2D eigenvalue weighted by molar-refractivity contribution is 7.09. The first-order valence-corrected chi connectivity index (χ1v) is 6.51. The van der Waals surface area contributed by atoms with E-state index in [-0.39, 0.29) is 0 Å². The number of hydrogen-bond acceptors (Lipinski definition) is 4. The van der Waals surface area contributed by atoms with E-state index in [0.717, 1.165) is 17.0 Å². The number of nitrogens with zero attached hydrogens (tertiary/aromatic N) is 1. The molecule has 4 nitrogen and oxygen atoms in total. The fourth-order valence-corrected chi connectivity index (χ4v) is 2.29. The van der Waals surface area contributed by atoms with E-state index in [0.29, 0.717) is 17.8 Å². The van der Waals surface area contributed by atoms with Crippen LogP contribution in [0.25, 0.3) is 0 Å². The Bertz CT molecular complexity index is 538. The predicted molar refractivity (Wildman–Crippen MR) is 72.4 cm³/mol. The molecule has 0 aliphatic carbocycles. The second kappa shape index (κ2) is 5.64. The second-order valence-electron chi connectivity index (χ2n) is 3.96. The minimum atomic E-state index is -0.907. The van der Waals surface area contributed by atoms with Crippen molar-refractivity contribution in [2.75, 3.05) is 11.9 Å². The number of benzene rings is 1. The Morgan fingerprint density at radius 3 is 3.00 bits per heavy atom. The maximum Gasteiger partial charge on any atom is 0.337 e. The molecular weight excluding hydrogens is 248 g/mol. The lowest BCUT2D eigenvalue weighted by atomic mass is 10.1. The number of thiazole rings is 1. The third-order valence-electron chi connectivity index (χ3n) is 2.54. The molecule has 94 valence electrons. The molecule has 2 aromatic rings. The van der Waals surface area contributed by atoms with Crippen LogP contribution in [0.3, 0.4) is 0 Å². The summed E-state index contributed by atoms with van der Waals surface area (Å²) in [5, 5.41) is 15.3. The van der Waals surface area contributed by atoms with Crippen LogP contribution in [0.4, 0.5) is 5.69 Å². The van der Waals surface area contributed by atoms with E-state index in [1.165, 1.54) is 0 Å². The Labute approximate surface area is 109 Å². The van der Waals surface area contributed by atoms with Crippen LogP contribution in [0, 0.1) is 6.92 Å². The molecule has 0 saturated carbocycles. The average molecular weight is 262 g/mol. The van der Waals surface area contributed by atoms with Gasteiger partial charge >= 0.3 is 5.97 Å². The van der Waals surface area contributed by atoms with Gasteiger partial charge < -0.3 is 10.4 Å². The number of hydrogen-bond donors (Lipinski definition) is 2. The lowest BCUT2D eigenvalue weighted by Crippen LogP contribution is -2.09. The Hall–Kier alpha value is -1.88. The molecule has 0 radical (unpaired) electrons. The van der Waals surface area contributed by atoms with Gasteiger partial charge in [0.15, 0.2) is 0 Å². The summed E-state index contributed by atoms with van der Waals surface area (Å²) >= 11 is 1.60. The summed E-state index contributed by atoms with van der Waals surface area (Å²) in [6, 6.07) is 5.38. The fraction of sp³-hybridized carbons (Fsp3) is 0.231. The zero-order valence-electron chi connectivity index (χ0n) is 10.0. The lowest BCUT2D eigenvalue weighted by Gasteiger charge is -2.09. The molecule has 2 rings (SSSR count). The van der Waals surface area contributed by atoms with Crippen molar-refractivity contribution in [2.24, 2.45) is 0 Å². The van der Waals surface area contributed by atoms with Crippen molar-refractivity contribution >= 4 is 23.0 Å². The molecule has 0 aliphatic rings. The van der Waals surface area contributed by atoms with Crippen LogP contribution in [0.1, 0.15) is 20.9 Å². The molecule has 0 aliphatic heterocycles. The minimum absolute atomic E-state index is 0.314. The van der Waals surface area contributed by atoms with Crippen LogP contribution >= 0.6 is 11.3 Å². The Balaban J connectivity index is 2.02. The number of anilines is 1. The summed E-state index contributed by atoms with van der Waals surface area (Å²) in [6.07, 6.45) is 2.57. The number of carboxylic acids is 1. The minimum Gasteiger partial charge on any atom is -0.478 e. The van der Waals surface area contributed by atoms with Gasteiger partial charge in [-0.05, 0) is 19.1 Å². The zero-order chi connectivity index (χ0) is 13.0. The maximum atomic E-state index is 11.1. The van der Waals surface area contributed by atoms with Gasteiger partial charge in [-0.2, -0.15) is 0 Å². The summed E-state index contributed by atoms with van der Waals surface area (Å²) in [6.45, 7) is 2.56. The van der Waals surface area contributed by atoms with Gasteiger partial charge in [-0.25, -0.2) is 9.78 Å². The van der Waals surface area contributed by atoms with E-state index in [9.17, 15) is 4.79 Å². The Morgan fingerprint density at radius 1 is 1.50 bits per heavy atom. The fourth-order valence-electron chi connectivity index (χ4n) is 1.67. The molecule has 2 N–H and O–H groups in total. The van der Waals surface area contributed by atoms with Gasteiger partial charge in [0.05, 0.1) is 10.6 Å². The van der Waals surface area contributed by atoms with Crippen molar-refractivity contribution in [3.63, 3.8) is 0 Å². The number of aryl methyl sites for hydroxylation is 1. The first-order valence-electron chi connectivity index (χ1n) is 5.63. The molecule has 1 aromatic carbocycles. The molecule has 0 spiro atoms. The highest BCUT2D eigenvalue weighted by Gasteiger charge is 2.09. The standard InChI is InChI=1S/C13H14N2O2S/c1-9-2-3-11(10(8-9)13(16)17)14-5-4-12-15-6-7-18-12/h2-3,6-8,14H,4-5H2,1H3,(H,16,17). The van der Waals surface area contributed by atoms with Crippen molar-refractivity contribution < 1.29 is 9.90 Å². The SMILES string of the molecule is Cc1ccc(NCCc2nccs2)c(C(=O)O)c1. The summed E-state index contributed by atoms with van der Waals surface area (Å²) < 4.78 is 0. The van der Waals surface area contributed by atoms with Crippen LogP contribution < -0.4 is 5.32 Å². The van der Waals surface area contributed by atoms with Gasteiger partial charge in [-0.15, -0.1) is 11.3 Å². The number of carboxylic acid groups (broad SMARTS) is 1. The third-order valence-corrected chi connectivity index (χ3v) is 3.38. The van der Waals surface area contributed by atoms with Gasteiger partial charge in [0.25, 0.3) is 0 Å². The summed E-state index contributed by atoms with van der Waals surface area (Å²) in [7, 11) is 0. The molecule has 1 heterocycles. The zero-order valence-corrected chi connectivity index (χ0v) is 10.8. The molecule has 0 saturated heterocycles. The Morgan fingerprint density at radius 2 is 2.33 bits per heavy atom. The summed E-state index contributed by atoms with van der Waals surface area (Å²) in [4.78, 5) is 15.3. The van der Waals surface area contributed by atoms with E-state index in [1.807, 2.05) is 18.4 Å². The lowest BCUT2D eigenvalue weighted by molar-refractivity contribution is 0.0698. The molecule has 0 unspecified atom stereocenters. The van der Waals surface area contributed by atoms with E-state index < -0.39 is 5.97 Å². The van der Waals surface area contributed by atoms with E-state index in [1.54, 1.807) is 29.7 Å². The predicted octanol–water partition coefficient (Wildman–Crippen LogP) is 2.80. The molecule has 0 atom stereocenters. The second-order valence-corrected chi connectivity index (χ2v) is 4.94. The molecular formula is C13H14N2O2S. The molecule has 0 fully saturated rings. The van der Waals surface area contributed by atoms with Gasteiger partial charge in [0.1, 0.15) is 0 Å². The van der Waals surface area contributed by atoms with Gasteiger partial charge in [-0.1, -0.05) is 11.6 Å². The van der Waals surface area contributed by atoms with Crippen LogP contribution in [0.2, 0.25) is 0 Å². The first kappa shape index (κ1) is 12.6. The first-order chi connectivity index (χ1) is 8.66. The highest BCUT2D eigenvalue weighted by Crippen LogP contribution is 2.17. The molecule has 18 heavy (non-hydrogen) atoms. The smallest absolute Gasteiger partial charge is 0.337 e. The topological polar surface area (TPSA) is 62.2 Å². The van der Waals surface area contributed by atoms with Crippen LogP contribution in [-0.2, 0) is 6.42 Å². The van der Waals surface area contributed by atoms with Crippen molar-refractivity contribution in [1.29, 1.82) is 0 Å². The summed E-state index contributed by atoms with van der Waals surface area (Å²) in [5.74, 6) is -0.907. The van der Waals surface area contributed by atoms with Crippen molar-refractivity contribution in [1.82, 2.24) is 4.98 Å². The monoisotopic (exact) mass is 262 g/mol. The van der Waals surface area contributed by atoms with Crippen LogP contribution in [-0.4, -0.2) is 22.6 Å². The highest BCUT2D eigenvalue weighted by atomic mass is 32.1. The van der Waals surface area contributed by atoms with E-state index in [2.05, 4.69) is 10.3 Å². The number of rotatable bonds is 5. The molecule has 1 aromatic heterocycles. The van der Waals surface area contributed by atoms with E-state index in [4.69, 9.17) is 5.11 Å². The van der Waals surface area contributed by atoms with Crippen molar-refractivity contribution in [2.45, 2.75) is 13.3 Å². The van der Waals surface area contributed by atoms with Crippen molar-refractivity contribution in [3.8, 4) is 0 Å². The Kier molecular flexibility index (Phi) is 3.94. The maximum absolute atomic E-state index is 11.1. The normalized spacial score (nSPS) is 10.3. The molecule has 5 heteroatoms. The van der Waals surface area contributed by atoms with Crippen LogP contribution in [0.5, 0.6) is 0 Å². The quantitative estimate of drug-likeness (QED) is 0.869. The number of nitrogens with one attached hydrogen (secondary N) is 1. The van der Waals surface area contributed by atoms with Crippen molar-refractivity contribution in [3.05, 3.63) is 45.9 Å². The number of carbonyl (C=O) groups is 1.